The normalized spacial score (nSPS) is 16.6. The zero-order valence-corrected chi connectivity index (χ0v) is 21.2. The molecule has 1 aromatic heterocycles. The maximum Gasteiger partial charge on any atom is 0.193 e. The van der Waals surface area contributed by atoms with Crippen LogP contribution in [0.15, 0.2) is 35.6 Å². The van der Waals surface area contributed by atoms with Crippen LogP contribution in [0, 0.1) is 0 Å². The number of hydrogen-bond acceptors (Lipinski definition) is 5. The van der Waals surface area contributed by atoms with Crippen LogP contribution < -0.4 is 14.8 Å². The summed E-state index contributed by atoms with van der Waals surface area (Å²) in [5.41, 5.74) is 2.33. The average Bonchev–Trinajstić information content (AvgIpc) is 3.21. The van der Waals surface area contributed by atoms with Gasteiger partial charge < -0.3 is 24.4 Å². The lowest BCUT2D eigenvalue weighted by Gasteiger charge is -2.34. The third kappa shape index (κ3) is 6.99. The number of halogens is 1. The molecule has 0 bridgehead atoms. The maximum atomic E-state index is 5.94. The van der Waals surface area contributed by atoms with Crippen LogP contribution >= 0.6 is 24.0 Å². The Labute approximate surface area is 202 Å². The summed E-state index contributed by atoms with van der Waals surface area (Å²) in [6, 6.07) is 6.13. The molecule has 1 N–H and O–H groups in total. The number of ether oxygens (including phenoxy) is 3. The molecule has 9 heteroatoms. The maximum absolute atomic E-state index is 5.94. The van der Waals surface area contributed by atoms with Gasteiger partial charge in [0, 0.05) is 38.9 Å². The summed E-state index contributed by atoms with van der Waals surface area (Å²) in [5.74, 6) is 2.49. The van der Waals surface area contributed by atoms with Gasteiger partial charge in [0.25, 0.3) is 0 Å². The second kappa shape index (κ2) is 12.7. The van der Waals surface area contributed by atoms with Gasteiger partial charge in [-0.2, -0.15) is 5.10 Å². The van der Waals surface area contributed by atoms with Gasteiger partial charge in [0.1, 0.15) is 6.10 Å². The number of hydrogen-bond donors (Lipinski definition) is 1. The summed E-state index contributed by atoms with van der Waals surface area (Å²) in [4.78, 5) is 6.72. The van der Waals surface area contributed by atoms with E-state index < -0.39 is 0 Å². The Hall–Kier alpha value is -2.01. The molecule has 1 saturated heterocycles. The van der Waals surface area contributed by atoms with E-state index in [0.717, 1.165) is 55.5 Å². The number of nitrogens with one attached hydrogen (secondary N) is 1. The van der Waals surface area contributed by atoms with Crippen molar-refractivity contribution < 1.29 is 14.2 Å². The molecule has 0 aliphatic carbocycles. The second-order valence-electron chi connectivity index (χ2n) is 7.25. The molecular formula is C22H34IN5O3. The van der Waals surface area contributed by atoms with E-state index in [-0.39, 0.29) is 30.1 Å². The molecule has 1 fully saturated rings. The van der Waals surface area contributed by atoms with Crippen molar-refractivity contribution >= 4 is 29.9 Å². The zero-order valence-electron chi connectivity index (χ0n) is 18.8. The highest BCUT2D eigenvalue weighted by Gasteiger charge is 2.25. The standard InChI is InChI=1S/C22H33N5O3.HI/c1-5-29-20-13-17(8-9-19(20)28-4)7-6-10-24-22(23-2)27-11-12-30-21(16-27)18-14-25-26(3)15-18;/h8-9,13-15,21H,5-7,10-12,16H2,1-4H3,(H,23,24);1H. The highest BCUT2D eigenvalue weighted by Crippen LogP contribution is 2.28. The monoisotopic (exact) mass is 543 g/mol. The largest absolute Gasteiger partial charge is 0.493 e. The molecule has 2 aromatic rings. The molecule has 3 rings (SSSR count). The number of aromatic nitrogens is 2. The zero-order chi connectivity index (χ0) is 21.3. The molecule has 1 aliphatic rings. The summed E-state index contributed by atoms with van der Waals surface area (Å²) in [6.07, 6.45) is 5.84. The Bertz CT molecular complexity index is 842. The van der Waals surface area contributed by atoms with Gasteiger partial charge in [-0.1, -0.05) is 6.07 Å². The summed E-state index contributed by atoms with van der Waals surface area (Å²) >= 11 is 0. The highest BCUT2D eigenvalue weighted by molar-refractivity contribution is 14.0. The molecule has 0 saturated carbocycles. The molecule has 31 heavy (non-hydrogen) atoms. The molecule has 8 nitrogen and oxygen atoms in total. The smallest absolute Gasteiger partial charge is 0.193 e. The number of rotatable bonds is 8. The van der Waals surface area contributed by atoms with Crippen LogP contribution in [0.25, 0.3) is 0 Å². The third-order valence-corrected chi connectivity index (χ3v) is 5.13. The fourth-order valence-corrected chi connectivity index (χ4v) is 3.62. The van der Waals surface area contributed by atoms with Crippen LogP contribution in [0.5, 0.6) is 11.5 Å². The van der Waals surface area contributed by atoms with E-state index in [1.807, 2.05) is 39.5 Å². The molecule has 1 unspecified atom stereocenters. The van der Waals surface area contributed by atoms with Gasteiger partial charge >= 0.3 is 0 Å². The first-order chi connectivity index (χ1) is 14.6. The average molecular weight is 543 g/mol. The Morgan fingerprint density at radius 2 is 2.19 bits per heavy atom. The van der Waals surface area contributed by atoms with Crippen LogP contribution in [0.2, 0.25) is 0 Å². The van der Waals surface area contributed by atoms with Crippen LogP contribution in [0.1, 0.15) is 30.6 Å². The van der Waals surface area contributed by atoms with Gasteiger partial charge in [-0.15, -0.1) is 24.0 Å². The quantitative estimate of drug-likeness (QED) is 0.239. The van der Waals surface area contributed by atoms with E-state index in [1.165, 1.54) is 5.56 Å². The van der Waals surface area contributed by atoms with Crippen LogP contribution in [-0.4, -0.2) is 67.6 Å². The molecule has 0 radical (unpaired) electrons. The van der Waals surface area contributed by atoms with Gasteiger partial charge in [-0.25, -0.2) is 0 Å². The van der Waals surface area contributed by atoms with E-state index in [0.29, 0.717) is 13.2 Å². The van der Waals surface area contributed by atoms with Gasteiger partial charge in [0.2, 0.25) is 0 Å². The van der Waals surface area contributed by atoms with Crippen molar-refractivity contribution in [2.45, 2.75) is 25.9 Å². The Balaban J connectivity index is 0.00000341. The van der Waals surface area contributed by atoms with Gasteiger partial charge in [-0.3, -0.25) is 9.67 Å². The minimum Gasteiger partial charge on any atom is -0.493 e. The summed E-state index contributed by atoms with van der Waals surface area (Å²) < 4.78 is 18.8. The molecule has 172 valence electrons. The number of aliphatic imine (C=N–C) groups is 1. The molecule has 1 aliphatic heterocycles. The number of guanidine groups is 1. The van der Waals surface area contributed by atoms with Gasteiger partial charge in [0.15, 0.2) is 17.5 Å². The first-order valence-corrected chi connectivity index (χ1v) is 10.5. The van der Waals surface area contributed by atoms with Gasteiger partial charge in [0.05, 0.1) is 33.1 Å². The summed E-state index contributed by atoms with van der Waals surface area (Å²) in [5, 5.41) is 7.75. The lowest BCUT2D eigenvalue weighted by Crippen LogP contribution is -2.48. The second-order valence-corrected chi connectivity index (χ2v) is 7.25. The first kappa shape index (κ1) is 25.3. The van der Waals surface area contributed by atoms with Crippen molar-refractivity contribution in [1.29, 1.82) is 0 Å². The van der Waals surface area contributed by atoms with E-state index in [2.05, 4.69) is 32.4 Å². The Morgan fingerprint density at radius 3 is 2.87 bits per heavy atom. The van der Waals surface area contributed by atoms with Gasteiger partial charge in [-0.05, 0) is 37.5 Å². The predicted octanol–water partition coefficient (Wildman–Crippen LogP) is 3.03. The number of methoxy groups -OCH3 is 1. The predicted molar refractivity (Wildman–Crippen MR) is 133 cm³/mol. The molecule has 2 heterocycles. The van der Waals surface area contributed by atoms with Crippen molar-refractivity contribution in [3.05, 3.63) is 41.7 Å². The number of benzene rings is 1. The van der Waals surface area contributed by atoms with E-state index in [9.17, 15) is 0 Å². The lowest BCUT2D eigenvalue weighted by molar-refractivity contribution is -0.00801. The fraction of sp³-hybridized carbons (Fsp3) is 0.545. The number of aryl methyl sites for hydroxylation is 2. The topological polar surface area (TPSA) is 73.1 Å². The lowest BCUT2D eigenvalue weighted by atomic mass is 10.1. The SMILES string of the molecule is CCOc1cc(CCCNC(=NC)N2CCOC(c3cnn(C)c3)C2)ccc1OC.I. The Kier molecular flexibility index (Phi) is 10.4. The van der Waals surface area contributed by atoms with Crippen molar-refractivity contribution in [2.75, 3.05) is 47.0 Å². The van der Waals surface area contributed by atoms with Crippen molar-refractivity contribution in [3.63, 3.8) is 0 Å². The van der Waals surface area contributed by atoms with E-state index in [1.54, 1.807) is 11.8 Å². The van der Waals surface area contributed by atoms with E-state index in [4.69, 9.17) is 14.2 Å². The minimum absolute atomic E-state index is 0. The Morgan fingerprint density at radius 1 is 1.35 bits per heavy atom. The molecular weight excluding hydrogens is 509 g/mol. The van der Waals surface area contributed by atoms with E-state index >= 15 is 0 Å². The van der Waals surface area contributed by atoms with Crippen molar-refractivity contribution in [2.24, 2.45) is 12.0 Å². The van der Waals surface area contributed by atoms with Crippen LogP contribution in [0.4, 0.5) is 0 Å². The molecule has 1 aromatic carbocycles. The first-order valence-electron chi connectivity index (χ1n) is 10.5. The van der Waals surface area contributed by atoms with Crippen molar-refractivity contribution in [1.82, 2.24) is 20.0 Å². The van der Waals surface area contributed by atoms with Crippen LogP contribution in [0.3, 0.4) is 0 Å². The fourth-order valence-electron chi connectivity index (χ4n) is 3.62. The third-order valence-electron chi connectivity index (χ3n) is 5.13. The van der Waals surface area contributed by atoms with Crippen LogP contribution in [-0.2, 0) is 18.2 Å². The molecule has 0 amide bonds. The summed E-state index contributed by atoms with van der Waals surface area (Å²) in [7, 11) is 5.41. The number of nitrogens with zero attached hydrogens (tertiary/aromatic N) is 4. The molecule has 1 atom stereocenters. The van der Waals surface area contributed by atoms with Crippen molar-refractivity contribution in [3.8, 4) is 11.5 Å². The highest BCUT2D eigenvalue weighted by atomic mass is 127. The number of morpholine rings is 1. The summed E-state index contributed by atoms with van der Waals surface area (Å²) in [6.45, 7) is 5.71. The molecule has 0 spiro atoms. The minimum atomic E-state index is 0.